The maximum absolute atomic E-state index is 12.2. The van der Waals surface area contributed by atoms with E-state index in [1.807, 2.05) is 0 Å². The van der Waals surface area contributed by atoms with E-state index in [4.69, 9.17) is 0 Å². The molecule has 20 heavy (non-hydrogen) atoms. The van der Waals surface area contributed by atoms with Crippen LogP contribution in [0.15, 0.2) is 16.9 Å². The van der Waals surface area contributed by atoms with Gasteiger partial charge in [-0.25, -0.2) is 0 Å². The van der Waals surface area contributed by atoms with Crippen molar-refractivity contribution >= 4 is 5.91 Å². The van der Waals surface area contributed by atoms with Crippen LogP contribution in [-0.2, 0) is 0 Å². The van der Waals surface area contributed by atoms with Crippen LogP contribution < -0.4 is 10.9 Å². The first kappa shape index (κ1) is 14.8. The minimum atomic E-state index is -0.364. The van der Waals surface area contributed by atoms with Gasteiger partial charge in [0.1, 0.15) is 5.56 Å². The summed E-state index contributed by atoms with van der Waals surface area (Å²) in [6, 6.07) is 3.22. The van der Waals surface area contributed by atoms with Gasteiger partial charge in [-0.3, -0.25) is 9.59 Å². The molecule has 5 nitrogen and oxygen atoms in total. The van der Waals surface area contributed by atoms with E-state index in [0.717, 1.165) is 37.8 Å². The van der Waals surface area contributed by atoms with Gasteiger partial charge in [-0.2, -0.15) is 0 Å². The molecule has 1 aromatic rings. The monoisotopic (exact) mass is 278 g/mol. The molecule has 1 amide bonds. The Hall–Kier alpha value is -1.62. The van der Waals surface area contributed by atoms with E-state index in [2.05, 4.69) is 10.3 Å². The Morgan fingerprint density at radius 3 is 2.80 bits per heavy atom. The van der Waals surface area contributed by atoms with Crippen molar-refractivity contribution in [1.29, 1.82) is 0 Å². The number of aliphatic hydroxyl groups is 1. The lowest BCUT2D eigenvalue weighted by molar-refractivity contribution is 0.0898. The molecule has 1 aromatic heterocycles. The van der Waals surface area contributed by atoms with Gasteiger partial charge in [0.25, 0.3) is 11.5 Å². The highest BCUT2D eigenvalue weighted by Gasteiger charge is 2.25. The minimum Gasteiger partial charge on any atom is -0.396 e. The number of hydrogen-bond acceptors (Lipinski definition) is 3. The van der Waals surface area contributed by atoms with Gasteiger partial charge in [-0.05, 0) is 31.9 Å². The third-order valence-corrected chi connectivity index (χ3v) is 4.01. The highest BCUT2D eigenvalue weighted by molar-refractivity contribution is 5.94. The largest absolute Gasteiger partial charge is 0.396 e. The van der Waals surface area contributed by atoms with Crippen LogP contribution in [0.1, 0.15) is 48.2 Å². The van der Waals surface area contributed by atoms with E-state index in [-0.39, 0.29) is 35.6 Å². The molecule has 2 rings (SSSR count). The number of amides is 1. The molecule has 0 bridgehead atoms. The maximum atomic E-state index is 12.2. The highest BCUT2D eigenvalue weighted by Crippen LogP contribution is 2.23. The number of nitrogens with one attached hydrogen (secondary N) is 2. The smallest absolute Gasteiger partial charge is 0.260 e. The third kappa shape index (κ3) is 3.48. The van der Waals surface area contributed by atoms with Crippen molar-refractivity contribution in [1.82, 2.24) is 10.3 Å². The number of carbonyl (C=O) groups excluding carboxylic acids is 1. The Kier molecular flexibility index (Phi) is 4.95. The summed E-state index contributed by atoms with van der Waals surface area (Å²) in [7, 11) is 0. The van der Waals surface area contributed by atoms with Crippen LogP contribution in [0.25, 0.3) is 0 Å². The number of rotatable bonds is 3. The van der Waals surface area contributed by atoms with E-state index in [9.17, 15) is 14.7 Å². The lowest BCUT2D eigenvalue weighted by Gasteiger charge is -2.24. The predicted molar refractivity (Wildman–Crippen MR) is 76.7 cm³/mol. The summed E-state index contributed by atoms with van der Waals surface area (Å²) < 4.78 is 0. The molecule has 3 N–H and O–H groups in total. The van der Waals surface area contributed by atoms with E-state index in [1.165, 1.54) is 0 Å². The number of aromatic amines is 1. The molecule has 1 heterocycles. The first-order valence-electron chi connectivity index (χ1n) is 7.23. The fourth-order valence-corrected chi connectivity index (χ4v) is 2.79. The van der Waals surface area contributed by atoms with E-state index < -0.39 is 0 Å². The van der Waals surface area contributed by atoms with Gasteiger partial charge in [0.2, 0.25) is 0 Å². The van der Waals surface area contributed by atoms with Crippen LogP contribution >= 0.6 is 0 Å². The van der Waals surface area contributed by atoms with Crippen molar-refractivity contribution in [3.63, 3.8) is 0 Å². The molecule has 0 saturated heterocycles. The van der Waals surface area contributed by atoms with Crippen LogP contribution in [0.5, 0.6) is 0 Å². The molecule has 1 aliphatic rings. The number of pyridine rings is 1. The van der Waals surface area contributed by atoms with Crippen molar-refractivity contribution in [2.24, 2.45) is 5.92 Å². The normalized spacial score (nSPS) is 23.1. The first-order chi connectivity index (χ1) is 9.61. The minimum absolute atomic E-state index is 0.0456. The van der Waals surface area contributed by atoms with Gasteiger partial charge in [-0.1, -0.05) is 19.3 Å². The van der Waals surface area contributed by atoms with Gasteiger partial charge < -0.3 is 15.4 Å². The van der Waals surface area contributed by atoms with E-state index in [0.29, 0.717) is 0 Å². The summed E-state index contributed by atoms with van der Waals surface area (Å²) in [6.45, 7) is 1.85. The van der Waals surface area contributed by atoms with Gasteiger partial charge in [0, 0.05) is 24.3 Å². The summed E-state index contributed by atoms with van der Waals surface area (Å²) in [5.41, 5.74) is 0.502. The number of aromatic nitrogens is 1. The summed E-state index contributed by atoms with van der Waals surface area (Å²) >= 11 is 0. The average molecular weight is 278 g/mol. The summed E-state index contributed by atoms with van der Waals surface area (Å²) in [5.74, 6) is -0.262. The fraction of sp³-hybridized carbons (Fsp3) is 0.600. The molecule has 0 aromatic carbocycles. The summed E-state index contributed by atoms with van der Waals surface area (Å²) in [5, 5.41) is 12.4. The van der Waals surface area contributed by atoms with Crippen LogP contribution in [0, 0.1) is 12.8 Å². The second kappa shape index (κ2) is 6.70. The topological polar surface area (TPSA) is 82.2 Å². The van der Waals surface area contributed by atoms with Gasteiger partial charge in [-0.15, -0.1) is 0 Å². The van der Waals surface area contributed by atoms with E-state index >= 15 is 0 Å². The third-order valence-electron chi connectivity index (χ3n) is 4.01. The predicted octanol–water partition coefficient (Wildman–Crippen LogP) is 1.35. The van der Waals surface area contributed by atoms with Crippen LogP contribution in [0.2, 0.25) is 0 Å². The van der Waals surface area contributed by atoms with Crippen molar-refractivity contribution in [2.75, 3.05) is 6.61 Å². The Bertz CT molecular complexity index is 524. The first-order valence-corrected chi connectivity index (χ1v) is 7.23. The Morgan fingerprint density at radius 1 is 1.35 bits per heavy atom. The van der Waals surface area contributed by atoms with Gasteiger partial charge in [0.05, 0.1) is 0 Å². The second-order valence-electron chi connectivity index (χ2n) is 5.54. The number of aryl methyl sites for hydroxylation is 1. The fourth-order valence-electron chi connectivity index (χ4n) is 2.79. The molecule has 0 aliphatic heterocycles. The molecule has 5 heteroatoms. The molecule has 1 saturated carbocycles. The number of carbonyl (C=O) groups is 1. The summed E-state index contributed by atoms with van der Waals surface area (Å²) in [6.07, 6.45) is 5.05. The lowest BCUT2D eigenvalue weighted by Crippen LogP contribution is -2.42. The molecule has 0 spiro atoms. The quantitative estimate of drug-likeness (QED) is 0.730. The maximum Gasteiger partial charge on any atom is 0.260 e. The van der Waals surface area contributed by atoms with Gasteiger partial charge >= 0.3 is 0 Å². The standard InChI is InChI=1S/C15H22N2O3/c1-10-7-8-12(14(19)16-10)15(20)17-13-6-4-2-3-5-11(13)9-18/h7-8,11,13,18H,2-6,9H2,1H3,(H,16,19)(H,17,20). The number of hydrogen-bond donors (Lipinski definition) is 3. The second-order valence-corrected chi connectivity index (χ2v) is 5.54. The van der Waals surface area contributed by atoms with Crippen molar-refractivity contribution in [2.45, 2.75) is 45.1 Å². The van der Waals surface area contributed by atoms with Crippen LogP contribution in [0.3, 0.4) is 0 Å². The lowest BCUT2D eigenvalue weighted by atomic mass is 9.95. The Balaban J connectivity index is 2.11. The number of aliphatic hydroxyl groups excluding tert-OH is 1. The van der Waals surface area contributed by atoms with Crippen molar-refractivity contribution in [3.8, 4) is 0 Å². The van der Waals surface area contributed by atoms with Crippen molar-refractivity contribution < 1.29 is 9.90 Å². The zero-order valence-corrected chi connectivity index (χ0v) is 11.8. The molecule has 1 fully saturated rings. The summed E-state index contributed by atoms with van der Waals surface area (Å²) in [4.78, 5) is 26.6. The molecule has 1 aliphatic carbocycles. The van der Waals surface area contributed by atoms with Crippen LogP contribution in [-0.4, -0.2) is 28.6 Å². The molecule has 2 unspecified atom stereocenters. The van der Waals surface area contributed by atoms with E-state index in [1.54, 1.807) is 19.1 Å². The molecular formula is C15H22N2O3. The molecular weight excluding hydrogens is 256 g/mol. The zero-order valence-electron chi connectivity index (χ0n) is 11.8. The SMILES string of the molecule is Cc1ccc(C(=O)NC2CCCCCC2CO)c(=O)[nH]1. The Labute approximate surface area is 118 Å². The molecule has 0 radical (unpaired) electrons. The van der Waals surface area contributed by atoms with Gasteiger partial charge in [0.15, 0.2) is 0 Å². The van der Waals surface area contributed by atoms with Crippen LogP contribution in [0.4, 0.5) is 0 Å². The highest BCUT2D eigenvalue weighted by atomic mass is 16.3. The zero-order chi connectivity index (χ0) is 14.5. The molecule has 2 atom stereocenters. The Morgan fingerprint density at radius 2 is 2.10 bits per heavy atom. The molecule has 110 valence electrons. The number of H-pyrrole nitrogens is 1. The van der Waals surface area contributed by atoms with Crippen molar-refractivity contribution in [3.05, 3.63) is 33.7 Å². The average Bonchev–Trinajstić information content (AvgIpc) is 2.63.